The average Bonchev–Trinajstić information content (AvgIpc) is 2.30. The topological polar surface area (TPSA) is 58.6 Å². The number of aliphatic hydroxyl groups excluding tert-OH is 1. The minimum atomic E-state index is -0.301. The van der Waals surface area contributed by atoms with Gasteiger partial charge in [0.2, 0.25) is 0 Å². The quantitative estimate of drug-likeness (QED) is 0.569. The van der Waals surface area contributed by atoms with Gasteiger partial charge in [0.25, 0.3) is 0 Å². The van der Waals surface area contributed by atoms with Gasteiger partial charge in [-0.25, -0.2) is 4.79 Å². The Morgan fingerprint density at radius 1 is 1.38 bits per heavy atom. The third-order valence-corrected chi connectivity index (χ3v) is 2.06. The van der Waals surface area contributed by atoms with Gasteiger partial charge in [0.1, 0.15) is 0 Å². The van der Waals surface area contributed by atoms with E-state index in [-0.39, 0.29) is 12.6 Å². The predicted molar refractivity (Wildman–Crippen MR) is 62.6 cm³/mol. The fourth-order valence-corrected chi connectivity index (χ4v) is 1.25. The van der Waals surface area contributed by atoms with Crippen LogP contribution in [0.2, 0.25) is 0 Å². The monoisotopic (exact) mass is 223 g/mol. The van der Waals surface area contributed by atoms with Crippen molar-refractivity contribution in [2.75, 3.05) is 25.1 Å². The van der Waals surface area contributed by atoms with Crippen LogP contribution >= 0.6 is 0 Å². The fraction of sp³-hybridized carbons (Fsp3) is 0.417. The zero-order chi connectivity index (χ0) is 11.8. The molecule has 1 aromatic carbocycles. The summed E-state index contributed by atoms with van der Waals surface area (Å²) in [5, 5.41) is 11.8. The second kappa shape index (κ2) is 6.85. The zero-order valence-electron chi connectivity index (χ0n) is 9.40. The van der Waals surface area contributed by atoms with Crippen LogP contribution in [0.25, 0.3) is 0 Å². The van der Waals surface area contributed by atoms with Gasteiger partial charge in [-0.3, -0.25) is 0 Å². The van der Waals surface area contributed by atoms with Crippen molar-refractivity contribution in [3.63, 3.8) is 0 Å². The molecule has 0 aliphatic carbocycles. The number of benzene rings is 1. The molecule has 0 amide bonds. The maximum Gasteiger partial charge on any atom is 0.338 e. The van der Waals surface area contributed by atoms with E-state index in [2.05, 4.69) is 5.32 Å². The Balaban J connectivity index is 2.50. The lowest BCUT2D eigenvalue weighted by Crippen LogP contribution is -2.06. The summed E-state index contributed by atoms with van der Waals surface area (Å²) < 4.78 is 4.87. The molecule has 88 valence electrons. The molecule has 1 aromatic rings. The molecule has 0 aliphatic rings. The highest BCUT2D eigenvalue weighted by atomic mass is 16.5. The lowest BCUT2D eigenvalue weighted by Gasteiger charge is -2.06. The highest BCUT2D eigenvalue weighted by Gasteiger charge is 2.04. The van der Waals surface area contributed by atoms with Gasteiger partial charge < -0.3 is 15.2 Å². The van der Waals surface area contributed by atoms with Crippen LogP contribution in [0.1, 0.15) is 23.7 Å². The first-order valence-electron chi connectivity index (χ1n) is 5.40. The number of anilines is 1. The first kappa shape index (κ1) is 12.5. The summed E-state index contributed by atoms with van der Waals surface area (Å²) in [6.45, 7) is 3.06. The second-order valence-electron chi connectivity index (χ2n) is 3.30. The third-order valence-electron chi connectivity index (χ3n) is 2.06. The molecule has 0 fully saturated rings. The summed E-state index contributed by atoms with van der Waals surface area (Å²) in [5.74, 6) is -0.301. The Labute approximate surface area is 95.2 Å². The number of hydrogen-bond acceptors (Lipinski definition) is 4. The van der Waals surface area contributed by atoms with Gasteiger partial charge in [0.05, 0.1) is 12.2 Å². The van der Waals surface area contributed by atoms with E-state index in [1.807, 2.05) is 12.1 Å². The van der Waals surface area contributed by atoms with Crippen LogP contribution in [0.4, 0.5) is 5.69 Å². The molecule has 0 spiro atoms. The molecular weight excluding hydrogens is 206 g/mol. The van der Waals surface area contributed by atoms with Gasteiger partial charge in [-0.15, -0.1) is 0 Å². The molecule has 1 rings (SSSR count). The van der Waals surface area contributed by atoms with E-state index in [0.29, 0.717) is 18.6 Å². The summed E-state index contributed by atoms with van der Waals surface area (Å²) in [4.78, 5) is 11.3. The van der Waals surface area contributed by atoms with Crippen LogP contribution in [0.3, 0.4) is 0 Å². The number of ether oxygens (including phenoxy) is 1. The highest BCUT2D eigenvalue weighted by Crippen LogP contribution is 2.10. The number of rotatable bonds is 6. The Hall–Kier alpha value is -1.55. The summed E-state index contributed by atoms with van der Waals surface area (Å²) in [7, 11) is 0. The molecule has 0 heterocycles. The number of nitrogens with one attached hydrogen (secondary N) is 1. The van der Waals surface area contributed by atoms with Crippen molar-refractivity contribution in [3.05, 3.63) is 29.8 Å². The van der Waals surface area contributed by atoms with Gasteiger partial charge in [-0.05, 0) is 37.6 Å². The van der Waals surface area contributed by atoms with Crippen molar-refractivity contribution in [3.8, 4) is 0 Å². The van der Waals surface area contributed by atoms with Crippen molar-refractivity contribution < 1.29 is 14.6 Å². The number of carbonyl (C=O) groups is 1. The van der Waals surface area contributed by atoms with Crippen molar-refractivity contribution >= 4 is 11.7 Å². The number of carbonyl (C=O) groups excluding carboxylic acids is 1. The Morgan fingerprint density at radius 2 is 2.06 bits per heavy atom. The van der Waals surface area contributed by atoms with Crippen LogP contribution < -0.4 is 5.32 Å². The Morgan fingerprint density at radius 3 is 2.62 bits per heavy atom. The normalized spacial score (nSPS) is 9.88. The van der Waals surface area contributed by atoms with Gasteiger partial charge in [-0.2, -0.15) is 0 Å². The maximum atomic E-state index is 11.3. The molecule has 0 radical (unpaired) electrons. The predicted octanol–water partition coefficient (Wildman–Crippen LogP) is 1.66. The minimum absolute atomic E-state index is 0.175. The molecule has 2 N–H and O–H groups in total. The standard InChI is InChI=1S/C12H17NO3/c1-2-16-12(15)10-4-6-11(7-5-10)13-8-3-9-14/h4-7,13-14H,2-3,8-9H2,1H3. The fourth-order valence-electron chi connectivity index (χ4n) is 1.25. The molecule has 0 unspecified atom stereocenters. The SMILES string of the molecule is CCOC(=O)c1ccc(NCCCO)cc1. The molecule has 16 heavy (non-hydrogen) atoms. The summed E-state index contributed by atoms with van der Waals surface area (Å²) in [6, 6.07) is 7.09. The molecule has 4 heteroatoms. The molecular formula is C12H17NO3. The second-order valence-corrected chi connectivity index (χ2v) is 3.30. The van der Waals surface area contributed by atoms with Gasteiger partial charge in [-0.1, -0.05) is 0 Å². The molecule has 4 nitrogen and oxygen atoms in total. The molecule has 0 aromatic heterocycles. The highest BCUT2D eigenvalue weighted by molar-refractivity contribution is 5.89. The summed E-state index contributed by atoms with van der Waals surface area (Å²) in [6.07, 6.45) is 0.708. The van der Waals surface area contributed by atoms with E-state index in [0.717, 1.165) is 12.2 Å². The van der Waals surface area contributed by atoms with Crippen molar-refractivity contribution in [1.82, 2.24) is 0 Å². The first-order valence-corrected chi connectivity index (χ1v) is 5.40. The minimum Gasteiger partial charge on any atom is -0.462 e. The third kappa shape index (κ3) is 3.90. The number of aliphatic hydroxyl groups is 1. The van der Waals surface area contributed by atoms with Crippen LogP contribution in [-0.2, 0) is 4.74 Å². The van der Waals surface area contributed by atoms with Crippen molar-refractivity contribution in [2.24, 2.45) is 0 Å². The van der Waals surface area contributed by atoms with Crippen molar-refractivity contribution in [2.45, 2.75) is 13.3 Å². The van der Waals surface area contributed by atoms with Crippen LogP contribution in [0.15, 0.2) is 24.3 Å². The Kier molecular flexibility index (Phi) is 5.36. The zero-order valence-corrected chi connectivity index (χ0v) is 9.40. The lowest BCUT2D eigenvalue weighted by molar-refractivity contribution is 0.0526. The average molecular weight is 223 g/mol. The van der Waals surface area contributed by atoms with Crippen LogP contribution in [-0.4, -0.2) is 30.8 Å². The first-order chi connectivity index (χ1) is 7.77. The lowest BCUT2D eigenvalue weighted by atomic mass is 10.2. The van der Waals surface area contributed by atoms with E-state index < -0.39 is 0 Å². The van der Waals surface area contributed by atoms with Crippen molar-refractivity contribution in [1.29, 1.82) is 0 Å². The van der Waals surface area contributed by atoms with Gasteiger partial charge in [0, 0.05) is 18.8 Å². The van der Waals surface area contributed by atoms with E-state index >= 15 is 0 Å². The summed E-state index contributed by atoms with van der Waals surface area (Å²) >= 11 is 0. The number of hydrogen-bond donors (Lipinski definition) is 2. The molecule has 0 saturated heterocycles. The van der Waals surface area contributed by atoms with Gasteiger partial charge >= 0.3 is 5.97 Å². The van der Waals surface area contributed by atoms with E-state index in [1.54, 1.807) is 19.1 Å². The van der Waals surface area contributed by atoms with E-state index in [4.69, 9.17) is 9.84 Å². The van der Waals surface area contributed by atoms with E-state index in [1.165, 1.54) is 0 Å². The number of esters is 1. The van der Waals surface area contributed by atoms with Gasteiger partial charge in [0.15, 0.2) is 0 Å². The molecule has 0 aliphatic heterocycles. The van der Waals surface area contributed by atoms with Crippen LogP contribution in [0, 0.1) is 0 Å². The van der Waals surface area contributed by atoms with E-state index in [9.17, 15) is 4.79 Å². The molecule has 0 atom stereocenters. The maximum absolute atomic E-state index is 11.3. The molecule has 0 bridgehead atoms. The summed E-state index contributed by atoms with van der Waals surface area (Å²) in [5.41, 5.74) is 1.48. The largest absolute Gasteiger partial charge is 0.462 e. The molecule has 0 saturated carbocycles. The Bertz CT molecular complexity index is 322. The van der Waals surface area contributed by atoms with Crippen LogP contribution in [0.5, 0.6) is 0 Å². The smallest absolute Gasteiger partial charge is 0.338 e.